The Hall–Kier alpha value is -1.70. The number of para-hydroxylation sites is 1. The Morgan fingerprint density at radius 1 is 1.21 bits per heavy atom. The number of phenolic OH excluding ortho intramolecular Hbond substituents is 1. The number of phenols is 1. The predicted octanol–water partition coefficient (Wildman–Crippen LogP) is 4.68. The molecule has 1 aromatic carbocycles. The zero-order valence-electron chi connectivity index (χ0n) is 13.3. The van der Waals surface area contributed by atoms with Gasteiger partial charge in [-0.05, 0) is 47.1 Å². The van der Waals surface area contributed by atoms with Crippen LogP contribution in [0.3, 0.4) is 0 Å². The van der Waals surface area contributed by atoms with Crippen LogP contribution < -0.4 is 0 Å². The lowest BCUT2D eigenvalue weighted by atomic mass is 10.2. The monoisotopic (exact) mass is 407 g/mol. The Labute approximate surface area is 153 Å². The summed E-state index contributed by atoms with van der Waals surface area (Å²) in [6.07, 6.45) is 1.01. The van der Waals surface area contributed by atoms with E-state index in [9.17, 15) is 5.11 Å². The molecule has 0 unspecified atom stereocenters. The van der Waals surface area contributed by atoms with Crippen LogP contribution in [0, 0.1) is 0 Å². The first-order valence-corrected chi connectivity index (χ1v) is 9.34. The van der Waals surface area contributed by atoms with Gasteiger partial charge in [0.25, 0.3) is 0 Å². The zero-order valence-corrected chi connectivity index (χ0v) is 15.7. The van der Waals surface area contributed by atoms with Crippen LogP contribution in [0.2, 0.25) is 0 Å². The molecule has 0 radical (unpaired) electrons. The van der Waals surface area contributed by atoms with Crippen LogP contribution in [0.25, 0.3) is 10.7 Å². The molecule has 0 spiro atoms. The number of benzene rings is 1. The molecule has 0 atom stereocenters. The van der Waals surface area contributed by atoms with Crippen LogP contribution in [-0.4, -0.2) is 26.7 Å². The number of thiophene rings is 1. The van der Waals surface area contributed by atoms with Crippen molar-refractivity contribution in [2.24, 2.45) is 0 Å². The van der Waals surface area contributed by atoms with Crippen LogP contribution in [0.15, 0.2) is 44.7 Å². The summed E-state index contributed by atoms with van der Waals surface area (Å²) in [5.74, 6) is 1.51. The van der Waals surface area contributed by atoms with Gasteiger partial charge in [0, 0.05) is 12.1 Å². The normalized spacial score (nSPS) is 11.3. The molecule has 2 aromatic heterocycles. The fourth-order valence-electron chi connectivity index (χ4n) is 2.46. The molecule has 0 fully saturated rings. The predicted molar refractivity (Wildman–Crippen MR) is 97.8 cm³/mol. The van der Waals surface area contributed by atoms with Gasteiger partial charge >= 0.3 is 0 Å². The minimum absolute atomic E-state index is 0.313. The summed E-state index contributed by atoms with van der Waals surface area (Å²) in [7, 11) is 0. The van der Waals surface area contributed by atoms with Crippen molar-refractivity contribution < 1.29 is 9.63 Å². The Bertz CT molecular complexity index is 802. The quantitative estimate of drug-likeness (QED) is 0.615. The highest BCUT2D eigenvalue weighted by molar-refractivity contribution is 9.11. The third-order valence-corrected chi connectivity index (χ3v) is 5.17. The SMILES string of the molecule is CCCN(Cc1nc(-c2ccc(Br)s2)no1)Cc1ccccc1O. The second kappa shape index (κ2) is 7.92. The van der Waals surface area contributed by atoms with Gasteiger partial charge in [0.05, 0.1) is 15.2 Å². The van der Waals surface area contributed by atoms with Crippen LogP contribution in [0.5, 0.6) is 5.75 Å². The van der Waals surface area contributed by atoms with E-state index < -0.39 is 0 Å². The Morgan fingerprint density at radius 2 is 2.04 bits per heavy atom. The molecule has 5 nitrogen and oxygen atoms in total. The Kier molecular flexibility index (Phi) is 5.65. The highest BCUT2D eigenvalue weighted by atomic mass is 79.9. The van der Waals surface area contributed by atoms with E-state index in [1.54, 1.807) is 17.4 Å². The Morgan fingerprint density at radius 3 is 2.75 bits per heavy atom. The van der Waals surface area contributed by atoms with Crippen molar-refractivity contribution in [3.8, 4) is 16.5 Å². The molecular weight excluding hydrogens is 390 g/mol. The molecule has 126 valence electrons. The molecule has 0 amide bonds. The van der Waals surface area contributed by atoms with Gasteiger partial charge in [0.1, 0.15) is 5.75 Å². The van der Waals surface area contributed by atoms with E-state index >= 15 is 0 Å². The third-order valence-electron chi connectivity index (χ3n) is 3.55. The maximum Gasteiger partial charge on any atom is 0.241 e. The van der Waals surface area contributed by atoms with Gasteiger partial charge in [-0.25, -0.2) is 0 Å². The molecular formula is C17H18BrN3O2S. The van der Waals surface area contributed by atoms with Crippen molar-refractivity contribution >= 4 is 27.3 Å². The lowest BCUT2D eigenvalue weighted by Crippen LogP contribution is -2.23. The van der Waals surface area contributed by atoms with Gasteiger partial charge in [-0.1, -0.05) is 30.3 Å². The molecule has 3 rings (SSSR count). The zero-order chi connectivity index (χ0) is 16.9. The highest BCUT2D eigenvalue weighted by Crippen LogP contribution is 2.29. The van der Waals surface area contributed by atoms with E-state index in [4.69, 9.17) is 4.52 Å². The smallest absolute Gasteiger partial charge is 0.241 e. The number of nitrogens with zero attached hydrogens (tertiary/aromatic N) is 3. The lowest BCUT2D eigenvalue weighted by Gasteiger charge is -2.20. The fraction of sp³-hybridized carbons (Fsp3) is 0.294. The van der Waals surface area contributed by atoms with Gasteiger partial charge < -0.3 is 9.63 Å². The van der Waals surface area contributed by atoms with Crippen molar-refractivity contribution in [3.05, 3.63) is 51.6 Å². The maximum absolute atomic E-state index is 9.97. The molecule has 24 heavy (non-hydrogen) atoms. The maximum atomic E-state index is 9.97. The summed E-state index contributed by atoms with van der Waals surface area (Å²) < 4.78 is 6.44. The average molecular weight is 408 g/mol. The van der Waals surface area contributed by atoms with Crippen LogP contribution in [0.1, 0.15) is 24.8 Å². The largest absolute Gasteiger partial charge is 0.508 e. The molecule has 0 aliphatic rings. The first-order chi connectivity index (χ1) is 11.7. The first-order valence-electron chi connectivity index (χ1n) is 7.73. The molecule has 0 saturated carbocycles. The van der Waals surface area contributed by atoms with Gasteiger partial charge in [-0.3, -0.25) is 4.90 Å². The molecule has 7 heteroatoms. The van der Waals surface area contributed by atoms with Crippen molar-refractivity contribution in [2.75, 3.05) is 6.54 Å². The molecule has 0 aliphatic heterocycles. The second-order valence-electron chi connectivity index (χ2n) is 5.45. The van der Waals surface area contributed by atoms with Gasteiger partial charge in [0.2, 0.25) is 11.7 Å². The summed E-state index contributed by atoms with van der Waals surface area (Å²) in [6.45, 7) is 4.21. The lowest BCUT2D eigenvalue weighted by molar-refractivity contribution is 0.217. The number of hydrogen-bond donors (Lipinski definition) is 1. The van der Waals surface area contributed by atoms with E-state index in [0.717, 1.165) is 27.2 Å². The fourth-order valence-corrected chi connectivity index (χ4v) is 3.77. The Balaban J connectivity index is 1.72. The molecule has 0 saturated heterocycles. The topological polar surface area (TPSA) is 62.4 Å². The van der Waals surface area contributed by atoms with Crippen molar-refractivity contribution in [2.45, 2.75) is 26.4 Å². The summed E-state index contributed by atoms with van der Waals surface area (Å²) in [5.41, 5.74) is 0.896. The highest BCUT2D eigenvalue weighted by Gasteiger charge is 2.15. The van der Waals surface area contributed by atoms with Crippen LogP contribution >= 0.6 is 27.3 Å². The third kappa shape index (κ3) is 4.23. The van der Waals surface area contributed by atoms with Crippen LogP contribution in [-0.2, 0) is 13.1 Å². The van der Waals surface area contributed by atoms with Gasteiger partial charge in [-0.15, -0.1) is 11.3 Å². The number of aromatic hydroxyl groups is 1. The summed E-state index contributed by atoms with van der Waals surface area (Å²) in [4.78, 5) is 7.65. The van der Waals surface area contributed by atoms with E-state index in [0.29, 0.717) is 30.6 Å². The summed E-state index contributed by atoms with van der Waals surface area (Å²) >= 11 is 5.01. The molecule has 3 aromatic rings. The number of rotatable bonds is 7. The molecule has 0 aliphatic carbocycles. The second-order valence-corrected chi connectivity index (χ2v) is 7.92. The van der Waals surface area contributed by atoms with Crippen molar-refractivity contribution in [1.29, 1.82) is 0 Å². The van der Waals surface area contributed by atoms with E-state index in [-0.39, 0.29) is 0 Å². The minimum Gasteiger partial charge on any atom is -0.508 e. The van der Waals surface area contributed by atoms with E-state index in [1.165, 1.54) is 0 Å². The van der Waals surface area contributed by atoms with Crippen LogP contribution in [0.4, 0.5) is 0 Å². The van der Waals surface area contributed by atoms with E-state index in [1.807, 2.05) is 30.3 Å². The first kappa shape index (κ1) is 17.1. The summed E-state index contributed by atoms with van der Waals surface area (Å²) in [6, 6.07) is 11.3. The van der Waals surface area contributed by atoms with Gasteiger partial charge in [0.15, 0.2) is 0 Å². The minimum atomic E-state index is 0.313. The number of halogens is 1. The summed E-state index contributed by atoms with van der Waals surface area (Å²) in [5, 5.41) is 14.0. The molecule has 2 heterocycles. The number of hydrogen-bond acceptors (Lipinski definition) is 6. The van der Waals surface area contributed by atoms with Crippen molar-refractivity contribution in [3.63, 3.8) is 0 Å². The average Bonchev–Trinajstić information content (AvgIpc) is 3.19. The van der Waals surface area contributed by atoms with Crippen molar-refractivity contribution in [1.82, 2.24) is 15.0 Å². The number of aromatic nitrogens is 2. The molecule has 0 bridgehead atoms. The van der Waals surface area contributed by atoms with Gasteiger partial charge in [-0.2, -0.15) is 4.98 Å². The molecule has 1 N–H and O–H groups in total. The standard InChI is InChI=1S/C17H18BrN3O2S/c1-2-9-21(10-12-5-3-4-6-13(12)22)11-16-19-17(20-23-16)14-7-8-15(18)24-14/h3-8,22H,2,9-11H2,1H3. The van der Waals surface area contributed by atoms with E-state index in [2.05, 4.69) is 37.9 Å².